The molecule has 4 aromatic carbocycles. The highest BCUT2D eigenvalue weighted by atomic mass is 19.4. The molecular formula is C29H23F3N2O4. The number of hydrogen-bond acceptors (Lipinski definition) is 4. The lowest BCUT2D eigenvalue weighted by Gasteiger charge is -2.11. The third kappa shape index (κ3) is 7.36. The lowest BCUT2D eigenvalue weighted by molar-refractivity contribution is -0.137. The van der Waals surface area contributed by atoms with Crippen LogP contribution in [0.15, 0.2) is 103 Å². The van der Waals surface area contributed by atoms with Crippen LogP contribution in [0.4, 0.5) is 24.5 Å². The van der Waals surface area contributed by atoms with Gasteiger partial charge in [0.05, 0.1) is 5.56 Å². The van der Waals surface area contributed by atoms with Crippen molar-refractivity contribution in [2.24, 2.45) is 0 Å². The molecule has 0 heterocycles. The van der Waals surface area contributed by atoms with Gasteiger partial charge < -0.3 is 20.1 Å². The van der Waals surface area contributed by atoms with Crippen molar-refractivity contribution in [3.05, 3.63) is 120 Å². The highest BCUT2D eigenvalue weighted by Crippen LogP contribution is 2.30. The van der Waals surface area contributed by atoms with Crippen LogP contribution in [0.5, 0.6) is 11.5 Å². The number of carbonyl (C=O) groups excluding carboxylic acids is 2. The quantitative estimate of drug-likeness (QED) is 0.242. The van der Waals surface area contributed by atoms with E-state index in [2.05, 4.69) is 10.6 Å². The van der Waals surface area contributed by atoms with E-state index in [0.29, 0.717) is 30.2 Å². The summed E-state index contributed by atoms with van der Waals surface area (Å²) in [5.41, 5.74) is 0.245. The summed E-state index contributed by atoms with van der Waals surface area (Å²) >= 11 is 0. The number of para-hydroxylation sites is 1. The van der Waals surface area contributed by atoms with Crippen molar-refractivity contribution in [3.63, 3.8) is 0 Å². The summed E-state index contributed by atoms with van der Waals surface area (Å²) in [6.45, 7) is 0.717. The first-order chi connectivity index (χ1) is 18.3. The minimum absolute atomic E-state index is 0.0263. The van der Waals surface area contributed by atoms with E-state index in [4.69, 9.17) is 9.47 Å². The van der Waals surface area contributed by atoms with Crippen LogP contribution in [0.2, 0.25) is 0 Å². The number of ether oxygens (including phenoxy) is 2. The number of rotatable bonds is 9. The molecule has 194 valence electrons. The summed E-state index contributed by atoms with van der Waals surface area (Å²) in [4.78, 5) is 25.0. The van der Waals surface area contributed by atoms with Gasteiger partial charge in [-0.15, -0.1) is 0 Å². The minimum atomic E-state index is -4.51. The maximum atomic E-state index is 12.9. The fraction of sp³-hybridized carbons (Fsp3) is 0.103. The molecule has 6 nitrogen and oxygen atoms in total. The van der Waals surface area contributed by atoms with Gasteiger partial charge in [-0.05, 0) is 78.9 Å². The molecule has 0 saturated carbocycles. The average Bonchev–Trinajstić information content (AvgIpc) is 2.92. The molecule has 2 N–H and O–H groups in total. The summed E-state index contributed by atoms with van der Waals surface area (Å²) in [5.74, 6) is 0.416. The predicted octanol–water partition coefficient (Wildman–Crippen LogP) is 6.67. The molecule has 0 atom stereocenters. The maximum Gasteiger partial charge on any atom is 0.416 e. The van der Waals surface area contributed by atoms with Gasteiger partial charge in [0.1, 0.15) is 24.7 Å². The largest absolute Gasteiger partial charge is 0.490 e. The van der Waals surface area contributed by atoms with E-state index in [1.54, 1.807) is 24.3 Å². The van der Waals surface area contributed by atoms with Gasteiger partial charge in [0.2, 0.25) is 0 Å². The molecule has 0 aliphatic rings. The van der Waals surface area contributed by atoms with Crippen LogP contribution < -0.4 is 20.1 Å². The molecule has 38 heavy (non-hydrogen) atoms. The van der Waals surface area contributed by atoms with Gasteiger partial charge in [-0.25, -0.2) is 0 Å². The minimum Gasteiger partial charge on any atom is -0.490 e. The molecule has 4 aromatic rings. The lowest BCUT2D eigenvalue weighted by Crippen LogP contribution is -2.14. The van der Waals surface area contributed by atoms with E-state index in [9.17, 15) is 22.8 Å². The number of nitrogens with one attached hydrogen (secondary N) is 2. The van der Waals surface area contributed by atoms with E-state index in [0.717, 1.165) is 17.9 Å². The Morgan fingerprint density at radius 1 is 0.605 bits per heavy atom. The van der Waals surface area contributed by atoms with Crippen molar-refractivity contribution < 1.29 is 32.2 Å². The van der Waals surface area contributed by atoms with Crippen molar-refractivity contribution >= 4 is 23.2 Å². The van der Waals surface area contributed by atoms with Crippen LogP contribution in [0.1, 0.15) is 26.3 Å². The highest BCUT2D eigenvalue weighted by molar-refractivity contribution is 6.06. The number of alkyl halides is 3. The SMILES string of the molecule is O=C(Nc1ccc(C(=O)Nc2cccc(C(F)(F)F)c2)cc1)c1ccc(OCCOc2ccccc2)cc1. The van der Waals surface area contributed by atoms with Gasteiger partial charge in [-0.1, -0.05) is 24.3 Å². The molecule has 0 fully saturated rings. The fourth-order valence-corrected chi connectivity index (χ4v) is 3.42. The molecule has 0 unspecified atom stereocenters. The maximum absolute atomic E-state index is 12.9. The zero-order chi connectivity index (χ0) is 27.0. The van der Waals surface area contributed by atoms with Crippen molar-refractivity contribution in [1.82, 2.24) is 0 Å². The first-order valence-corrected chi connectivity index (χ1v) is 11.6. The van der Waals surface area contributed by atoms with Crippen molar-refractivity contribution in [2.75, 3.05) is 23.8 Å². The van der Waals surface area contributed by atoms with Crippen LogP contribution in [0, 0.1) is 0 Å². The summed E-state index contributed by atoms with van der Waals surface area (Å²) in [6.07, 6.45) is -4.51. The van der Waals surface area contributed by atoms with E-state index < -0.39 is 17.6 Å². The molecule has 0 aliphatic heterocycles. The number of amides is 2. The van der Waals surface area contributed by atoms with Gasteiger partial charge >= 0.3 is 6.18 Å². The molecular weight excluding hydrogens is 497 g/mol. The third-order valence-corrected chi connectivity index (χ3v) is 5.33. The van der Waals surface area contributed by atoms with Crippen LogP contribution in [0.3, 0.4) is 0 Å². The molecule has 0 spiro atoms. The number of carbonyl (C=O) groups is 2. The van der Waals surface area contributed by atoms with Crippen molar-refractivity contribution in [1.29, 1.82) is 0 Å². The van der Waals surface area contributed by atoms with E-state index in [-0.39, 0.29) is 17.2 Å². The molecule has 4 rings (SSSR count). The molecule has 2 amide bonds. The van der Waals surface area contributed by atoms with Gasteiger partial charge in [-0.2, -0.15) is 13.2 Å². The Bertz CT molecular complexity index is 1370. The normalized spacial score (nSPS) is 10.9. The number of benzene rings is 4. The van der Waals surface area contributed by atoms with Gasteiger partial charge in [-0.3, -0.25) is 9.59 Å². The summed E-state index contributed by atoms with van der Waals surface area (Å²) in [6, 6.07) is 26.4. The standard InChI is InChI=1S/C29H23F3N2O4/c30-29(31,32)22-5-4-6-24(19-22)34-28(36)20-9-13-23(14-10-20)33-27(35)21-11-15-26(16-12-21)38-18-17-37-25-7-2-1-3-8-25/h1-16,19H,17-18H2,(H,33,35)(H,34,36). The molecule has 0 aromatic heterocycles. The monoisotopic (exact) mass is 520 g/mol. The Morgan fingerprint density at radius 2 is 1.13 bits per heavy atom. The number of halogens is 3. The number of hydrogen-bond donors (Lipinski definition) is 2. The summed E-state index contributed by atoms with van der Waals surface area (Å²) in [7, 11) is 0. The van der Waals surface area contributed by atoms with E-state index in [1.165, 1.54) is 36.4 Å². The molecule has 9 heteroatoms. The Hall–Kier alpha value is -4.79. The Balaban J connectivity index is 1.26. The Kier molecular flexibility index (Phi) is 8.27. The zero-order valence-corrected chi connectivity index (χ0v) is 20.0. The second-order valence-electron chi connectivity index (χ2n) is 8.10. The first kappa shape index (κ1) is 26.3. The summed E-state index contributed by atoms with van der Waals surface area (Å²) in [5, 5.41) is 5.17. The Morgan fingerprint density at radius 3 is 1.71 bits per heavy atom. The average molecular weight is 521 g/mol. The Labute approximate surface area is 217 Å². The molecule has 0 aliphatic carbocycles. The second kappa shape index (κ2) is 12.0. The highest BCUT2D eigenvalue weighted by Gasteiger charge is 2.30. The topological polar surface area (TPSA) is 76.7 Å². The van der Waals surface area contributed by atoms with Crippen LogP contribution >= 0.6 is 0 Å². The summed E-state index contributed by atoms with van der Waals surface area (Å²) < 4.78 is 49.8. The molecule has 0 bridgehead atoms. The first-order valence-electron chi connectivity index (χ1n) is 11.6. The third-order valence-electron chi connectivity index (χ3n) is 5.33. The number of anilines is 2. The van der Waals surface area contributed by atoms with Gasteiger partial charge in [0.15, 0.2) is 0 Å². The fourth-order valence-electron chi connectivity index (χ4n) is 3.42. The van der Waals surface area contributed by atoms with Crippen molar-refractivity contribution in [3.8, 4) is 11.5 Å². The van der Waals surface area contributed by atoms with E-state index >= 15 is 0 Å². The van der Waals surface area contributed by atoms with Crippen molar-refractivity contribution in [2.45, 2.75) is 6.18 Å². The smallest absolute Gasteiger partial charge is 0.416 e. The predicted molar refractivity (Wildman–Crippen MR) is 138 cm³/mol. The van der Waals surface area contributed by atoms with Crippen LogP contribution in [-0.4, -0.2) is 25.0 Å². The lowest BCUT2D eigenvalue weighted by atomic mass is 10.1. The zero-order valence-electron chi connectivity index (χ0n) is 20.0. The van der Waals surface area contributed by atoms with Gasteiger partial charge in [0.25, 0.3) is 11.8 Å². The van der Waals surface area contributed by atoms with E-state index in [1.807, 2.05) is 30.3 Å². The molecule has 0 saturated heterocycles. The molecule has 0 radical (unpaired) electrons. The van der Waals surface area contributed by atoms with Crippen LogP contribution in [-0.2, 0) is 6.18 Å². The second-order valence-corrected chi connectivity index (χ2v) is 8.10. The van der Waals surface area contributed by atoms with Crippen LogP contribution in [0.25, 0.3) is 0 Å². The van der Waals surface area contributed by atoms with Gasteiger partial charge in [0, 0.05) is 22.5 Å².